The molecule has 0 spiro atoms. The van der Waals surface area contributed by atoms with Crippen LogP contribution in [0, 0.1) is 11.8 Å². The Balaban J connectivity index is 3.63. The maximum atomic E-state index is 11.1. The first kappa shape index (κ1) is 15.2. The topological polar surface area (TPSA) is 64.6 Å². The van der Waals surface area contributed by atoms with Gasteiger partial charge in [-0.1, -0.05) is 18.6 Å². The third-order valence-electron chi connectivity index (χ3n) is 1.37. The van der Waals surface area contributed by atoms with Crippen molar-refractivity contribution in [2.75, 3.05) is 19.7 Å². The second-order valence-corrected chi connectivity index (χ2v) is 3.33. The van der Waals surface area contributed by atoms with Crippen LogP contribution in [0.5, 0.6) is 0 Å². The number of esters is 2. The van der Waals surface area contributed by atoms with Gasteiger partial charge in [-0.3, -0.25) is 10.1 Å². The summed E-state index contributed by atoms with van der Waals surface area (Å²) in [5, 5.41) is 2.73. The van der Waals surface area contributed by atoms with E-state index in [1.165, 1.54) is 6.08 Å². The normalized spacial score (nSPS) is 9.12. The first-order valence-electron chi connectivity index (χ1n) is 5.23. The number of rotatable bonds is 6. The molecule has 0 heterocycles. The molecule has 0 rings (SSSR count). The van der Waals surface area contributed by atoms with Gasteiger partial charge in [0.2, 0.25) is 0 Å². The van der Waals surface area contributed by atoms with Crippen LogP contribution in [0.3, 0.4) is 0 Å². The van der Waals surface area contributed by atoms with Crippen molar-refractivity contribution in [2.24, 2.45) is 0 Å². The number of carbonyl (C=O) groups excluding carboxylic acids is 2. The maximum absolute atomic E-state index is 11.1. The fourth-order valence-corrected chi connectivity index (χ4v) is 0.819. The van der Waals surface area contributed by atoms with Gasteiger partial charge in [0.15, 0.2) is 0 Å². The van der Waals surface area contributed by atoms with E-state index in [1.807, 2.05) is 0 Å². The Bertz CT molecular complexity index is 325. The van der Waals surface area contributed by atoms with Gasteiger partial charge in [-0.25, -0.2) is 4.79 Å². The molecule has 0 fully saturated rings. The summed E-state index contributed by atoms with van der Waals surface area (Å²) < 4.78 is 9.50. The van der Waals surface area contributed by atoms with Crippen LogP contribution in [0.4, 0.5) is 0 Å². The average molecular weight is 239 g/mol. The van der Waals surface area contributed by atoms with Gasteiger partial charge in [-0.2, -0.15) is 0 Å². The number of hydrogen-bond acceptors (Lipinski definition) is 5. The number of nitrogens with one attached hydrogen (secondary N) is 1. The Morgan fingerprint density at radius 3 is 2.76 bits per heavy atom. The second kappa shape index (κ2) is 9.43. The second-order valence-electron chi connectivity index (χ2n) is 3.33. The first-order valence-corrected chi connectivity index (χ1v) is 5.23. The molecule has 0 atom stereocenters. The molecule has 1 N–H and O–H groups in total. The number of ether oxygens (including phenoxy) is 2. The van der Waals surface area contributed by atoms with Crippen LogP contribution in [0.2, 0.25) is 0 Å². The minimum atomic E-state index is -0.614. The van der Waals surface area contributed by atoms with Crippen LogP contribution in [0.25, 0.3) is 0 Å². The lowest BCUT2D eigenvalue weighted by molar-refractivity contribution is -0.146. The van der Waals surface area contributed by atoms with Crippen molar-refractivity contribution in [2.45, 2.75) is 20.0 Å². The van der Waals surface area contributed by atoms with E-state index in [9.17, 15) is 9.59 Å². The molecule has 17 heavy (non-hydrogen) atoms. The largest absolute Gasteiger partial charge is 0.462 e. The van der Waals surface area contributed by atoms with Crippen LogP contribution in [-0.4, -0.2) is 37.7 Å². The Morgan fingerprint density at radius 2 is 2.18 bits per heavy atom. The van der Waals surface area contributed by atoms with E-state index in [1.54, 1.807) is 13.8 Å². The summed E-state index contributed by atoms with van der Waals surface area (Å²) in [7, 11) is 0. The summed E-state index contributed by atoms with van der Waals surface area (Å²) in [5.41, 5.74) is 0. The highest BCUT2D eigenvalue weighted by Gasteiger charge is 2.03. The van der Waals surface area contributed by atoms with Crippen LogP contribution in [-0.2, 0) is 19.1 Å². The van der Waals surface area contributed by atoms with Crippen LogP contribution in [0.15, 0.2) is 12.7 Å². The van der Waals surface area contributed by atoms with Crippen molar-refractivity contribution in [3.05, 3.63) is 12.7 Å². The highest BCUT2D eigenvalue weighted by atomic mass is 16.5. The molecule has 0 bridgehead atoms. The van der Waals surface area contributed by atoms with Crippen LogP contribution in [0.1, 0.15) is 13.8 Å². The standard InChI is InChI=1S/C12H17NO4/c1-4-8-16-11(14)6-5-7-13-9-12(15)17-10(2)3/h4,10,13H,1,7-9H2,2-3H3. The molecule has 0 saturated heterocycles. The molecule has 0 aromatic carbocycles. The van der Waals surface area contributed by atoms with Crippen molar-refractivity contribution in [3.8, 4) is 11.8 Å². The Morgan fingerprint density at radius 1 is 1.47 bits per heavy atom. The SMILES string of the molecule is C=CCOC(=O)C#CCNCC(=O)OC(C)C. The molecular formula is C12H17NO4. The summed E-state index contributed by atoms with van der Waals surface area (Å²) in [6.45, 7) is 7.36. The monoisotopic (exact) mass is 239 g/mol. The Hall–Kier alpha value is -1.80. The van der Waals surface area contributed by atoms with Gasteiger partial charge in [-0.05, 0) is 13.8 Å². The molecule has 0 unspecified atom stereocenters. The lowest BCUT2D eigenvalue weighted by Gasteiger charge is -2.06. The van der Waals surface area contributed by atoms with Crippen molar-refractivity contribution in [1.82, 2.24) is 5.32 Å². The maximum Gasteiger partial charge on any atom is 0.384 e. The molecule has 5 heteroatoms. The summed E-state index contributed by atoms with van der Waals surface area (Å²) in [6.07, 6.45) is 1.32. The fraction of sp³-hybridized carbons (Fsp3) is 0.500. The lowest BCUT2D eigenvalue weighted by atomic mass is 10.5. The van der Waals surface area contributed by atoms with Gasteiger partial charge in [0.25, 0.3) is 0 Å². The minimum absolute atomic E-state index is 0.0641. The van der Waals surface area contributed by atoms with E-state index in [-0.39, 0.29) is 31.8 Å². The molecule has 0 aromatic heterocycles. The van der Waals surface area contributed by atoms with Gasteiger partial charge < -0.3 is 9.47 Å². The van der Waals surface area contributed by atoms with E-state index >= 15 is 0 Å². The van der Waals surface area contributed by atoms with E-state index in [0.717, 1.165) is 0 Å². The Labute approximate surface area is 101 Å². The highest BCUT2D eigenvalue weighted by molar-refractivity contribution is 5.88. The molecular weight excluding hydrogens is 222 g/mol. The van der Waals surface area contributed by atoms with Gasteiger partial charge in [0.1, 0.15) is 6.61 Å². The zero-order valence-electron chi connectivity index (χ0n) is 10.1. The average Bonchev–Trinajstić information content (AvgIpc) is 2.24. The van der Waals surface area contributed by atoms with Gasteiger partial charge >= 0.3 is 11.9 Å². The van der Waals surface area contributed by atoms with Crippen LogP contribution >= 0.6 is 0 Å². The summed E-state index contributed by atoms with van der Waals surface area (Å²) >= 11 is 0. The predicted molar refractivity (Wildman–Crippen MR) is 63.0 cm³/mol. The van der Waals surface area contributed by atoms with Gasteiger partial charge in [0, 0.05) is 5.92 Å². The third kappa shape index (κ3) is 10.5. The number of hydrogen-bond donors (Lipinski definition) is 1. The zero-order valence-corrected chi connectivity index (χ0v) is 10.1. The molecule has 0 aromatic rings. The number of carbonyl (C=O) groups is 2. The summed E-state index contributed by atoms with van der Waals surface area (Å²) in [5.74, 6) is 3.82. The Kier molecular flexibility index (Phi) is 8.43. The molecule has 0 aliphatic heterocycles. The molecule has 0 saturated carbocycles. The van der Waals surface area contributed by atoms with E-state index in [2.05, 4.69) is 28.5 Å². The van der Waals surface area contributed by atoms with Crippen molar-refractivity contribution >= 4 is 11.9 Å². The van der Waals surface area contributed by atoms with Crippen LogP contribution < -0.4 is 5.32 Å². The molecule has 5 nitrogen and oxygen atoms in total. The molecule has 0 aliphatic rings. The van der Waals surface area contributed by atoms with Gasteiger partial charge in [-0.15, -0.1) is 0 Å². The summed E-state index contributed by atoms with van der Waals surface area (Å²) in [6, 6.07) is 0. The first-order chi connectivity index (χ1) is 8.06. The van der Waals surface area contributed by atoms with Crippen molar-refractivity contribution in [3.63, 3.8) is 0 Å². The molecule has 0 radical (unpaired) electrons. The lowest BCUT2D eigenvalue weighted by Crippen LogP contribution is -2.26. The van der Waals surface area contributed by atoms with Crippen molar-refractivity contribution < 1.29 is 19.1 Å². The van der Waals surface area contributed by atoms with Gasteiger partial charge in [0.05, 0.1) is 19.2 Å². The van der Waals surface area contributed by atoms with E-state index < -0.39 is 5.97 Å². The van der Waals surface area contributed by atoms with Crippen molar-refractivity contribution in [1.29, 1.82) is 0 Å². The minimum Gasteiger partial charge on any atom is -0.462 e. The van der Waals surface area contributed by atoms with E-state index in [4.69, 9.17) is 4.74 Å². The zero-order chi connectivity index (χ0) is 13.1. The highest BCUT2D eigenvalue weighted by Crippen LogP contribution is 1.86. The molecule has 0 amide bonds. The molecule has 94 valence electrons. The molecule has 0 aliphatic carbocycles. The summed E-state index contributed by atoms with van der Waals surface area (Å²) in [4.78, 5) is 21.9. The smallest absolute Gasteiger partial charge is 0.384 e. The van der Waals surface area contributed by atoms with E-state index in [0.29, 0.717) is 0 Å². The fourth-order valence-electron chi connectivity index (χ4n) is 0.819. The predicted octanol–water partition coefficient (Wildman–Crippen LogP) is 0.260. The third-order valence-corrected chi connectivity index (χ3v) is 1.37. The quantitative estimate of drug-likeness (QED) is 0.237.